The lowest BCUT2D eigenvalue weighted by Gasteiger charge is -2.22. The van der Waals surface area contributed by atoms with Gasteiger partial charge in [0.05, 0.1) is 30.5 Å². The molecule has 0 aliphatic carbocycles. The fourth-order valence-electron chi connectivity index (χ4n) is 6.40. The molecule has 0 aromatic heterocycles. The largest absolute Gasteiger partial charge is 0.455 e. The van der Waals surface area contributed by atoms with Crippen LogP contribution < -0.4 is 0 Å². The van der Waals surface area contributed by atoms with Crippen molar-refractivity contribution in [1.29, 1.82) is 0 Å². The van der Waals surface area contributed by atoms with Crippen LogP contribution in [0.4, 0.5) is 0 Å². The first kappa shape index (κ1) is 36.2. The average molecular weight is 581 g/mol. The summed E-state index contributed by atoms with van der Waals surface area (Å²) < 4.78 is 11.2. The molecule has 2 aliphatic rings. The Bertz CT molecular complexity index is 694. The molecule has 41 heavy (non-hydrogen) atoms. The molecule has 0 radical (unpaired) electrons. The van der Waals surface area contributed by atoms with Crippen molar-refractivity contribution in [3.05, 3.63) is 11.6 Å². The molecule has 6 atom stereocenters. The molecule has 1 fully saturated rings. The van der Waals surface area contributed by atoms with Gasteiger partial charge in [0.1, 0.15) is 6.10 Å². The molecule has 1 saturated heterocycles. The van der Waals surface area contributed by atoms with E-state index in [1.165, 1.54) is 83.5 Å². The standard InChI is InChI=1S/C35H64O6/c1-3-4-5-6-7-8-9-13-16-19-22-31(37)33-24-25-34(41-33)32(38)23-20-17-14-11-10-12-15-18-21-30(36)27-29-26-28(2)40-35(29)39/h26,28,30-34,36-38H,3-25,27H2,1-2H3/t28-,30-,31+,32+,33-,34+/m0/s1. The second-order valence-electron chi connectivity index (χ2n) is 13.0. The molecule has 6 heteroatoms. The van der Waals surface area contributed by atoms with E-state index >= 15 is 0 Å². The second-order valence-corrected chi connectivity index (χ2v) is 13.0. The Morgan fingerprint density at radius 2 is 1.10 bits per heavy atom. The van der Waals surface area contributed by atoms with Crippen LogP contribution in [0.3, 0.4) is 0 Å². The number of hydrogen-bond donors (Lipinski definition) is 3. The molecule has 2 rings (SSSR count). The van der Waals surface area contributed by atoms with Crippen LogP contribution in [0.25, 0.3) is 0 Å². The van der Waals surface area contributed by atoms with Gasteiger partial charge in [-0.1, -0.05) is 122 Å². The monoisotopic (exact) mass is 580 g/mol. The Kier molecular flexibility index (Phi) is 20.0. The Morgan fingerprint density at radius 1 is 0.683 bits per heavy atom. The van der Waals surface area contributed by atoms with Crippen LogP contribution in [0.1, 0.15) is 168 Å². The Balaban J connectivity index is 1.37. The van der Waals surface area contributed by atoms with Crippen molar-refractivity contribution >= 4 is 5.97 Å². The van der Waals surface area contributed by atoms with E-state index in [9.17, 15) is 20.1 Å². The minimum Gasteiger partial charge on any atom is -0.455 e. The Hall–Kier alpha value is -0.950. The smallest absolute Gasteiger partial charge is 0.334 e. The van der Waals surface area contributed by atoms with Crippen LogP contribution in [-0.2, 0) is 14.3 Å². The van der Waals surface area contributed by atoms with Crippen LogP contribution in [0.2, 0.25) is 0 Å². The zero-order chi connectivity index (χ0) is 29.7. The minimum absolute atomic E-state index is 0.102. The minimum atomic E-state index is -0.461. The molecular formula is C35H64O6. The third-order valence-corrected chi connectivity index (χ3v) is 9.03. The number of cyclic esters (lactones) is 1. The molecule has 6 nitrogen and oxygen atoms in total. The molecule has 240 valence electrons. The van der Waals surface area contributed by atoms with E-state index in [0.29, 0.717) is 12.0 Å². The molecule has 0 aromatic carbocycles. The highest BCUT2D eigenvalue weighted by atomic mass is 16.5. The van der Waals surface area contributed by atoms with Gasteiger partial charge in [0.25, 0.3) is 0 Å². The molecule has 0 unspecified atom stereocenters. The first-order valence-electron chi connectivity index (χ1n) is 17.5. The van der Waals surface area contributed by atoms with Gasteiger partial charge < -0.3 is 24.8 Å². The fraction of sp³-hybridized carbons (Fsp3) is 0.914. The quantitative estimate of drug-likeness (QED) is 0.0707. The third-order valence-electron chi connectivity index (χ3n) is 9.03. The average Bonchev–Trinajstić information content (AvgIpc) is 3.57. The molecular weight excluding hydrogens is 516 g/mol. The summed E-state index contributed by atoms with van der Waals surface area (Å²) >= 11 is 0. The SMILES string of the molecule is CCCCCCCCCCCC[C@@H](O)[C@@H]1CC[C@H]([C@H](O)CCCCCCCCCC[C@H](O)CC2=C[C@H](C)OC2=O)O1. The summed E-state index contributed by atoms with van der Waals surface area (Å²) in [7, 11) is 0. The van der Waals surface area contributed by atoms with Crippen molar-refractivity contribution in [2.45, 2.75) is 205 Å². The fourth-order valence-corrected chi connectivity index (χ4v) is 6.40. The molecule has 3 N–H and O–H groups in total. The van der Waals surface area contributed by atoms with E-state index in [4.69, 9.17) is 9.47 Å². The summed E-state index contributed by atoms with van der Waals surface area (Å²) in [5.74, 6) is -0.280. The Labute approximate surface area is 251 Å². The highest BCUT2D eigenvalue weighted by molar-refractivity contribution is 5.90. The lowest BCUT2D eigenvalue weighted by molar-refractivity contribution is -0.139. The summed E-state index contributed by atoms with van der Waals surface area (Å²) in [4.78, 5) is 11.6. The first-order valence-corrected chi connectivity index (χ1v) is 17.5. The van der Waals surface area contributed by atoms with Crippen molar-refractivity contribution in [2.24, 2.45) is 0 Å². The number of carbonyl (C=O) groups is 1. The Morgan fingerprint density at radius 3 is 1.51 bits per heavy atom. The summed E-state index contributed by atoms with van der Waals surface area (Å²) in [5.41, 5.74) is 0.617. The molecule has 2 heterocycles. The first-order chi connectivity index (χ1) is 19.9. The van der Waals surface area contributed by atoms with Gasteiger partial charge >= 0.3 is 5.97 Å². The second kappa shape index (κ2) is 22.6. The van der Waals surface area contributed by atoms with Gasteiger partial charge in [-0.2, -0.15) is 0 Å². The molecule has 0 spiro atoms. The highest BCUT2D eigenvalue weighted by Crippen LogP contribution is 2.28. The third kappa shape index (κ3) is 16.5. The van der Waals surface area contributed by atoms with Gasteiger partial charge in [-0.15, -0.1) is 0 Å². The maximum Gasteiger partial charge on any atom is 0.334 e. The molecule has 0 amide bonds. The van der Waals surface area contributed by atoms with Gasteiger partial charge in [-0.05, 0) is 45.1 Å². The molecule has 0 aromatic rings. The summed E-state index contributed by atoms with van der Waals surface area (Å²) in [6.07, 6.45) is 26.7. The number of rotatable bonds is 26. The van der Waals surface area contributed by atoms with Crippen molar-refractivity contribution in [2.75, 3.05) is 0 Å². The number of esters is 1. The van der Waals surface area contributed by atoms with E-state index in [0.717, 1.165) is 64.2 Å². The lowest BCUT2D eigenvalue weighted by Crippen LogP contribution is -2.31. The lowest BCUT2D eigenvalue weighted by atomic mass is 9.99. The van der Waals surface area contributed by atoms with E-state index in [1.807, 2.05) is 13.0 Å². The number of aliphatic hydroxyl groups is 3. The van der Waals surface area contributed by atoms with Crippen LogP contribution >= 0.6 is 0 Å². The van der Waals surface area contributed by atoms with Crippen molar-refractivity contribution in [1.82, 2.24) is 0 Å². The summed E-state index contributed by atoms with van der Waals surface area (Å²) in [5, 5.41) is 31.4. The maximum absolute atomic E-state index is 11.6. The van der Waals surface area contributed by atoms with Crippen LogP contribution in [0, 0.1) is 0 Å². The van der Waals surface area contributed by atoms with E-state index in [1.54, 1.807) is 0 Å². The zero-order valence-electron chi connectivity index (χ0n) is 26.6. The maximum atomic E-state index is 11.6. The number of carbonyl (C=O) groups excluding carboxylic acids is 1. The van der Waals surface area contributed by atoms with Crippen molar-refractivity contribution < 1.29 is 29.6 Å². The van der Waals surface area contributed by atoms with E-state index in [-0.39, 0.29) is 24.3 Å². The van der Waals surface area contributed by atoms with Gasteiger partial charge in [0, 0.05) is 12.0 Å². The molecule has 0 bridgehead atoms. The van der Waals surface area contributed by atoms with Crippen LogP contribution in [0.15, 0.2) is 11.6 Å². The summed E-state index contributed by atoms with van der Waals surface area (Å²) in [6.45, 7) is 4.10. The summed E-state index contributed by atoms with van der Waals surface area (Å²) in [6, 6.07) is 0. The van der Waals surface area contributed by atoms with Gasteiger partial charge in [0.2, 0.25) is 0 Å². The van der Waals surface area contributed by atoms with E-state index < -0.39 is 18.3 Å². The van der Waals surface area contributed by atoms with Crippen molar-refractivity contribution in [3.8, 4) is 0 Å². The predicted molar refractivity (Wildman–Crippen MR) is 167 cm³/mol. The predicted octanol–water partition coefficient (Wildman–Crippen LogP) is 8.09. The highest BCUT2D eigenvalue weighted by Gasteiger charge is 2.34. The topological polar surface area (TPSA) is 96.2 Å². The normalized spacial score (nSPS) is 23.0. The van der Waals surface area contributed by atoms with E-state index in [2.05, 4.69) is 6.92 Å². The van der Waals surface area contributed by atoms with Gasteiger partial charge in [-0.3, -0.25) is 0 Å². The number of aliphatic hydroxyl groups excluding tert-OH is 3. The van der Waals surface area contributed by atoms with Gasteiger partial charge in [-0.25, -0.2) is 4.79 Å². The van der Waals surface area contributed by atoms with Crippen molar-refractivity contribution in [3.63, 3.8) is 0 Å². The van der Waals surface area contributed by atoms with Crippen LogP contribution in [0.5, 0.6) is 0 Å². The number of ether oxygens (including phenoxy) is 2. The van der Waals surface area contributed by atoms with Crippen LogP contribution in [-0.4, -0.2) is 57.9 Å². The number of unbranched alkanes of at least 4 members (excludes halogenated alkanes) is 16. The zero-order valence-corrected chi connectivity index (χ0v) is 26.6. The number of hydrogen-bond acceptors (Lipinski definition) is 6. The molecule has 2 aliphatic heterocycles. The van der Waals surface area contributed by atoms with Gasteiger partial charge in [0.15, 0.2) is 0 Å². The molecule has 0 saturated carbocycles.